The molecule has 5 aromatic rings. The van der Waals surface area contributed by atoms with Crippen molar-refractivity contribution in [2.75, 3.05) is 0 Å². The molecule has 0 atom stereocenters. The lowest BCUT2D eigenvalue weighted by Gasteiger charge is -2.10. The Morgan fingerprint density at radius 1 is 0.917 bits per heavy atom. The first-order chi connectivity index (χ1) is 17.5. The van der Waals surface area contributed by atoms with Crippen LogP contribution in [0.5, 0.6) is 0 Å². The summed E-state index contributed by atoms with van der Waals surface area (Å²) in [6, 6.07) is 24.2. The maximum Gasteiger partial charge on any atom is 0.251 e. The SMILES string of the molecule is Cc1ccc(CNC(=O)c2ccc(CSc3nc4ccncc4n3Cc3ccc(F)cc3)cc2)cc1. The van der Waals surface area contributed by atoms with E-state index in [4.69, 9.17) is 4.98 Å². The quantitative estimate of drug-likeness (QED) is 0.262. The summed E-state index contributed by atoms with van der Waals surface area (Å²) < 4.78 is 15.5. The zero-order valence-electron chi connectivity index (χ0n) is 19.8. The summed E-state index contributed by atoms with van der Waals surface area (Å²) in [5.41, 5.74) is 6.78. The Bertz CT molecular complexity index is 1480. The van der Waals surface area contributed by atoms with Gasteiger partial charge in [0.25, 0.3) is 5.91 Å². The van der Waals surface area contributed by atoms with E-state index in [1.807, 2.05) is 61.5 Å². The number of carbonyl (C=O) groups excluding carboxylic acids is 1. The average molecular weight is 497 g/mol. The van der Waals surface area contributed by atoms with Crippen LogP contribution in [-0.4, -0.2) is 20.4 Å². The first kappa shape index (κ1) is 23.8. The van der Waals surface area contributed by atoms with Crippen LogP contribution in [0.2, 0.25) is 0 Å². The van der Waals surface area contributed by atoms with Crippen molar-refractivity contribution in [1.82, 2.24) is 19.9 Å². The van der Waals surface area contributed by atoms with Crippen molar-refractivity contribution in [2.24, 2.45) is 0 Å². The topological polar surface area (TPSA) is 59.8 Å². The Morgan fingerprint density at radius 2 is 1.61 bits per heavy atom. The number of pyridine rings is 1. The largest absolute Gasteiger partial charge is 0.348 e. The number of amides is 1. The number of imidazole rings is 1. The minimum atomic E-state index is -0.252. The number of aryl methyl sites for hydroxylation is 1. The number of nitrogens with zero attached hydrogens (tertiary/aromatic N) is 3. The van der Waals surface area contributed by atoms with Crippen LogP contribution in [0.4, 0.5) is 4.39 Å². The Hall–Kier alpha value is -3.97. The summed E-state index contributed by atoms with van der Waals surface area (Å²) in [6.45, 7) is 3.11. The van der Waals surface area contributed by atoms with Crippen LogP contribution in [0.3, 0.4) is 0 Å². The van der Waals surface area contributed by atoms with Crippen molar-refractivity contribution in [3.8, 4) is 0 Å². The summed E-state index contributed by atoms with van der Waals surface area (Å²) in [7, 11) is 0. The average Bonchev–Trinajstić information content (AvgIpc) is 3.25. The van der Waals surface area contributed by atoms with E-state index < -0.39 is 0 Å². The summed E-state index contributed by atoms with van der Waals surface area (Å²) in [5.74, 6) is 0.354. The zero-order chi connectivity index (χ0) is 24.9. The number of thioether (sulfide) groups is 1. The molecule has 1 amide bonds. The molecule has 0 bridgehead atoms. The molecule has 5 nitrogen and oxygen atoms in total. The van der Waals surface area contributed by atoms with E-state index >= 15 is 0 Å². The zero-order valence-corrected chi connectivity index (χ0v) is 20.6. The fourth-order valence-electron chi connectivity index (χ4n) is 3.87. The predicted molar refractivity (Wildman–Crippen MR) is 141 cm³/mol. The van der Waals surface area contributed by atoms with Crippen LogP contribution < -0.4 is 5.32 Å². The van der Waals surface area contributed by atoms with Crippen LogP contribution in [0.25, 0.3) is 11.0 Å². The van der Waals surface area contributed by atoms with Crippen LogP contribution >= 0.6 is 11.8 Å². The Morgan fingerprint density at radius 3 is 2.36 bits per heavy atom. The molecule has 0 unspecified atom stereocenters. The Balaban J connectivity index is 1.25. The molecule has 180 valence electrons. The molecule has 2 heterocycles. The fourth-order valence-corrected chi connectivity index (χ4v) is 4.84. The third kappa shape index (κ3) is 5.63. The van der Waals surface area contributed by atoms with Crippen molar-refractivity contribution >= 4 is 28.7 Å². The van der Waals surface area contributed by atoms with Crippen LogP contribution in [0.1, 0.15) is 32.6 Å². The van der Waals surface area contributed by atoms with Crippen molar-refractivity contribution in [3.63, 3.8) is 0 Å². The van der Waals surface area contributed by atoms with Gasteiger partial charge in [0.05, 0.1) is 23.8 Å². The van der Waals surface area contributed by atoms with E-state index in [0.29, 0.717) is 24.4 Å². The molecule has 0 fully saturated rings. The number of halogens is 1. The highest BCUT2D eigenvalue weighted by atomic mass is 32.2. The first-order valence-corrected chi connectivity index (χ1v) is 12.6. The summed E-state index contributed by atoms with van der Waals surface area (Å²) >= 11 is 1.62. The van der Waals surface area contributed by atoms with Gasteiger partial charge in [-0.05, 0) is 53.9 Å². The van der Waals surface area contributed by atoms with E-state index in [1.165, 1.54) is 17.7 Å². The normalized spacial score (nSPS) is 11.1. The molecular formula is C29H25FN4OS. The van der Waals surface area contributed by atoms with Gasteiger partial charge < -0.3 is 9.88 Å². The molecule has 5 rings (SSSR count). The van der Waals surface area contributed by atoms with Gasteiger partial charge in [-0.2, -0.15) is 0 Å². The molecule has 36 heavy (non-hydrogen) atoms. The predicted octanol–water partition coefficient (Wildman–Crippen LogP) is 6.15. The van der Waals surface area contributed by atoms with Gasteiger partial charge in [-0.3, -0.25) is 9.78 Å². The highest BCUT2D eigenvalue weighted by Gasteiger charge is 2.13. The number of carbonyl (C=O) groups is 1. The van der Waals surface area contributed by atoms with Crippen molar-refractivity contribution < 1.29 is 9.18 Å². The highest BCUT2D eigenvalue weighted by Crippen LogP contribution is 2.27. The Kier molecular flexibility index (Phi) is 7.09. The van der Waals surface area contributed by atoms with Gasteiger partial charge in [0.15, 0.2) is 5.16 Å². The monoisotopic (exact) mass is 496 g/mol. The van der Waals surface area contributed by atoms with E-state index in [0.717, 1.165) is 32.9 Å². The number of fused-ring (bicyclic) bond motifs is 1. The number of rotatable bonds is 8. The first-order valence-electron chi connectivity index (χ1n) is 11.7. The molecule has 1 N–H and O–H groups in total. The molecular weight excluding hydrogens is 471 g/mol. The lowest BCUT2D eigenvalue weighted by Crippen LogP contribution is -2.22. The third-order valence-corrected chi connectivity index (χ3v) is 6.97. The van der Waals surface area contributed by atoms with E-state index in [9.17, 15) is 9.18 Å². The molecule has 0 spiro atoms. The van der Waals surface area contributed by atoms with Crippen molar-refractivity contribution in [3.05, 3.63) is 125 Å². The minimum Gasteiger partial charge on any atom is -0.348 e. The van der Waals surface area contributed by atoms with Crippen LogP contribution in [0, 0.1) is 12.7 Å². The fraction of sp³-hybridized carbons (Fsp3) is 0.138. The van der Waals surface area contributed by atoms with Crippen molar-refractivity contribution in [1.29, 1.82) is 0 Å². The van der Waals surface area contributed by atoms with E-state index in [2.05, 4.69) is 14.9 Å². The molecule has 7 heteroatoms. The molecule has 0 radical (unpaired) electrons. The maximum atomic E-state index is 13.4. The standard InChI is InChI=1S/C29H25FN4OS/c1-20-2-4-21(5-3-20)16-32-28(35)24-10-6-23(7-11-24)19-36-29-33-26-14-15-31-17-27(26)34(29)18-22-8-12-25(30)13-9-22/h2-15,17H,16,18-19H2,1H3,(H,32,35). The molecule has 0 saturated carbocycles. The van der Waals surface area contributed by atoms with Crippen molar-refractivity contribution in [2.45, 2.75) is 30.9 Å². The number of hydrogen-bond acceptors (Lipinski definition) is 4. The van der Waals surface area contributed by atoms with Gasteiger partial charge in [-0.25, -0.2) is 9.37 Å². The number of hydrogen-bond donors (Lipinski definition) is 1. The van der Waals surface area contributed by atoms with Gasteiger partial charge in [0.2, 0.25) is 0 Å². The van der Waals surface area contributed by atoms with Crippen LogP contribution in [0.15, 0.2) is 96.4 Å². The minimum absolute atomic E-state index is 0.0941. The van der Waals surface area contributed by atoms with Crippen LogP contribution in [-0.2, 0) is 18.8 Å². The molecule has 0 aliphatic rings. The molecule has 2 aromatic heterocycles. The number of nitrogens with one attached hydrogen (secondary N) is 1. The number of benzene rings is 3. The van der Waals surface area contributed by atoms with Gasteiger partial charge in [0.1, 0.15) is 5.82 Å². The second-order valence-electron chi connectivity index (χ2n) is 8.63. The third-order valence-electron chi connectivity index (χ3n) is 5.93. The second kappa shape index (κ2) is 10.7. The summed E-state index contributed by atoms with van der Waals surface area (Å²) in [6.07, 6.45) is 3.54. The van der Waals surface area contributed by atoms with Gasteiger partial charge in [-0.1, -0.05) is 65.9 Å². The smallest absolute Gasteiger partial charge is 0.251 e. The summed E-state index contributed by atoms with van der Waals surface area (Å²) in [5, 5.41) is 3.84. The lowest BCUT2D eigenvalue weighted by molar-refractivity contribution is 0.0951. The summed E-state index contributed by atoms with van der Waals surface area (Å²) in [4.78, 5) is 21.6. The second-order valence-corrected chi connectivity index (χ2v) is 9.57. The molecule has 0 saturated heterocycles. The lowest BCUT2D eigenvalue weighted by atomic mass is 10.1. The van der Waals surface area contributed by atoms with E-state index in [-0.39, 0.29) is 11.7 Å². The molecule has 3 aromatic carbocycles. The van der Waals surface area contributed by atoms with Gasteiger partial charge in [-0.15, -0.1) is 0 Å². The Labute approximate surface area is 213 Å². The van der Waals surface area contributed by atoms with E-state index in [1.54, 1.807) is 36.3 Å². The molecule has 0 aliphatic heterocycles. The van der Waals surface area contributed by atoms with Gasteiger partial charge >= 0.3 is 0 Å². The van der Waals surface area contributed by atoms with Gasteiger partial charge in [0, 0.05) is 24.1 Å². The number of aromatic nitrogens is 3. The highest BCUT2D eigenvalue weighted by molar-refractivity contribution is 7.98. The molecule has 0 aliphatic carbocycles. The maximum absolute atomic E-state index is 13.4.